The van der Waals surface area contributed by atoms with E-state index >= 15 is 0 Å². The van der Waals surface area contributed by atoms with Crippen molar-refractivity contribution in [3.8, 4) is 0 Å². The minimum absolute atomic E-state index is 0.337. The number of fused-ring (bicyclic) bond motifs is 2. The molecule has 4 aromatic rings. The Labute approximate surface area is 144 Å². The minimum atomic E-state index is -0.337. The van der Waals surface area contributed by atoms with Crippen LogP contribution in [0.4, 0.5) is 0 Å². The van der Waals surface area contributed by atoms with Gasteiger partial charge in [0, 0.05) is 21.7 Å². The summed E-state index contributed by atoms with van der Waals surface area (Å²) in [5, 5.41) is 1.78. The second-order valence-electron chi connectivity index (χ2n) is 5.08. The van der Waals surface area contributed by atoms with E-state index in [4.69, 9.17) is 4.42 Å². The average Bonchev–Trinajstić information content (AvgIpc) is 2.94. The van der Waals surface area contributed by atoms with Crippen molar-refractivity contribution in [2.45, 2.75) is 10.9 Å². The van der Waals surface area contributed by atoms with Crippen molar-refractivity contribution in [1.82, 2.24) is 9.97 Å². The maximum Gasteiger partial charge on any atom is 0.336 e. The number of nitrogens with zero attached hydrogens (tertiary/aromatic N) is 1. The number of para-hydroxylation sites is 2. The standard InChI is InChI=1S/C17H11BrN2O2S/c18-11-5-6-12-10(7-16(21)22-15(12)8-11)9-23-17-19-13-3-1-2-4-14(13)20-17/h1-8H,9H2,(H,19,20). The third kappa shape index (κ3) is 2.92. The van der Waals surface area contributed by atoms with Crippen molar-refractivity contribution in [3.63, 3.8) is 0 Å². The highest BCUT2D eigenvalue weighted by Crippen LogP contribution is 2.27. The summed E-state index contributed by atoms with van der Waals surface area (Å²) >= 11 is 4.96. The van der Waals surface area contributed by atoms with Crippen molar-refractivity contribution < 1.29 is 4.42 Å². The Morgan fingerprint density at radius 3 is 2.91 bits per heavy atom. The molecular formula is C17H11BrN2O2S. The first kappa shape index (κ1) is 14.5. The summed E-state index contributed by atoms with van der Waals surface area (Å²) in [6, 6.07) is 15.2. The summed E-state index contributed by atoms with van der Waals surface area (Å²) in [5.41, 5.74) is 3.14. The number of hydrogen-bond acceptors (Lipinski definition) is 4. The molecule has 0 amide bonds. The number of halogens is 1. The Bertz CT molecular complexity index is 1040. The lowest BCUT2D eigenvalue weighted by Crippen LogP contribution is -1.99. The zero-order valence-corrected chi connectivity index (χ0v) is 14.3. The van der Waals surface area contributed by atoms with Gasteiger partial charge in [-0.15, -0.1) is 0 Å². The van der Waals surface area contributed by atoms with Crippen LogP contribution in [0, 0.1) is 0 Å². The lowest BCUT2D eigenvalue weighted by atomic mass is 10.1. The van der Waals surface area contributed by atoms with Crippen molar-refractivity contribution in [2.24, 2.45) is 0 Å². The first-order chi connectivity index (χ1) is 11.2. The van der Waals surface area contributed by atoms with Crippen LogP contribution in [-0.2, 0) is 5.75 Å². The van der Waals surface area contributed by atoms with E-state index in [1.54, 1.807) is 17.8 Å². The fourth-order valence-electron chi connectivity index (χ4n) is 2.47. The average molecular weight is 387 g/mol. The Morgan fingerprint density at radius 1 is 1.17 bits per heavy atom. The largest absolute Gasteiger partial charge is 0.423 e. The fourth-order valence-corrected chi connectivity index (χ4v) is 3.68. The summed E-state index contributed by atoms with van der Waals surface area (Å²) < 4.78 is 6.15. The lowest BCUT2D eigenvalue weighted by molar-refractivity contribution is 0.559. The van der Waals surface area contributed by atoms with Crippen LogP contribution < -0.4 is 5.63 Å². The molecule has 2 heterocycles. The Morgan fingerprint density at radius 2 is 2.04 bits per heavy atom. The monoisotopic (exact) mass is 386 g/mol. The van der Waals surface area contributed by atoms with Crippen LogP contribution >= 0.6 is 27.7 Å². The molecule has 0 unspecified atom stereocenters. The van der Waals surface area contributed by atoms with Gasteiger partial charge in [-0.2, -0.15) is 0 Å². The molecule has 2 aromatic carbocycles. The van der Waals surface area contributed by atoms with Crippen LogP contribution in [0.1, 0.15) is 5.56 Å². The molecule has 0 aliphatic carbocycles. The molecule has 6 heteroatoms. The topological polar surface area (TPSA) is 58.9 Å². The number of rotatable bonds is 3. The van der Waals surface area contributed by atoms with Crippen molar-refractivity contribution in [2.75, 3.05) is 0 Å². The number of aromatic amines is 1. The van der Waals surface area contributed by atoms with Gasteiger partial charge in [-0.05, 0) is 35.9 Å². The number of thioether (sulfide) groups is 1. The van der Waals surface area contributed by atoms with Crippen molar-refractivity contribution in [3.05, 3.63) is 69.0 Å². The Balaban J connectivity index is 1.68. The van der Waals surface area contributed by atoms with Gasteiger partial charge in [-0.3, -0.25) is 0 Å². The molecule has 0 spiro atoms. The summed E-state index contributed by atoms with van der Waals surface area (Å²) in [6.07, 6.45) is 0. The smallest absolute Gasteiger partial charge is 0.336 e. The predicted octanol–water partition coefficient (Wildman–Crippen LogP) is 4.72. The van der Waals surface area contributed by atoms with E-state index in [0.29, 0.717) is 11.3 Å². The second kappa shape index (κ2) is 5.86. The van der Waals surface area contributed by atoms with Crippen LogP contribution in [0.2, 0.25) is 0 Å². The van der Waals surface area contributed by atoms with Gasteiger partial charge in [0.1, 0.15) is 5.58 Å². The van der Waals surface area contributed by atoms with Crippen LogP contribution in [0.5, 0.6) is 0 Å². The normalized spacial score (nSPS) is 11.3. The molecule has 0 fully saturated rings. The molecule has 0 saturated carbocycles. The molecule has 0 radical (unpaired) electrons. The Kier molecular flexibility index (Phi) is 3.71. The molecule has 0 aliphatic rings. The fraction of sp³-hybridized carbons (Fsp3) is 0.0588. The lowest BCUT2D eigenvalue weighted by Gasteiger charge is -2.04. The number of nitrogens with one attached hydrogen (secondary N) is 1. The van der Waals surface area contributed by atoms with Gasteiger partial charge >= 0.3 is 5.63 Å². The number of hydrogen-bond donors (Lipinski definition) is 1. The molecule has 2 aromatic heterocycles. The SMILES string of the molecule is O=c1cc(CSc2nc3ccccc3[nH]2)c2ccc(Br)cc2o1. The highest BCUT2D eigenvalue weighted by Gasteiger charge is 2.09. The van der Waals surface area contributed by atoms with E-state index in [0.717, 1.165) is 31.6 Å². The highest BCUT2D eigenvalue weighted by atomic mass is 79.9. The van der Waals surface area contributed by atoms with Gasteiger partial charge < -0.3 is 9.40 Å². The van der Waals surface area contributed by atoms with E-state index in [2.05, 4.69) is 25.9 Å². The van der Waals surface area contributed by atoms with Crippen LogP contribution in [0.15, 0.2) is 67.4 Å². The molecule has 4 nitrogen and oxygen atoms in total. The van der Waals surface area contributed by atoms with E-state index in [1.807, 2.05) is 42.5 Å². The number of benzene rings is 2. The predicted molar refractivity (Wildman–Crippen MR) is 95.8 cm³/mol. The molecule has 1 N–H and O–H groups in total. The molecular weight excluding hydrogens is 376 g/mol. The van der Waals surface area contributed by atoms with E-state index in [-0.39, 0.29) is 5.63 Å². The molecule has 114 valence electrons. The van der Waals surface area contributed by atoms with Crippen molar-refractivity contribution in [1.29, 1.82) is 0 Å². The summed E-state index contributed by atoms with van der Waals surface area (Å²) in [7, 11) is 0. The molecule has 23 heavy (non-hydrogen) atoms. The quantitative estimate of drug-likeness (QED) is 0.408. The van der Waals surface area contributed by atoms with Gasteiger partial charge in [0.25, 0.3) is 0 Å². The highest BCUT2D eigenvalue weighted by molar-refractivity contribution is 9.10. The summed E-state index contributed by atoms with van der Waals surface area (Å²) in [6.45, 7) is 0. The number of H-pyrrole nitrogens is 1. The molecule has 4 rings (SSSR count). The van der Waals surface area contributed by atoms with Crippen LogP contribution in [-0.4, -0.2) is 9.97 Å². The summed E-state index contributed by atoms with van der Waals surface area (Å²) in [5.74, 6) is 0.642. The number of aromatic nitrogens is 2. The van der Waals surface area contributed by atoms with Crippen LogP contribution in [0.25, 0.3) is 22.0 Å². The van der Waals surface area contributed by atoms with Gasteiger partial charge in [0.2, 0.25) is 0 Å². The zero-order valence-electron chi connectivity index (χ0n) is 11.9. The van der Waals surface area contributed by atoms with Gasteiger partial charge in [0.15, 0.2) is 5.16 Å². The van der Waals surface area contributed by atoms with E-state index in [9.17, 15) is 4.79 Å². The number of imidazole rings is 1. The van der Waals surface area contributed by atoms with Crippen LogP contribution in [0.3, 0.4) is 0 Å². The summed E-state index contributed by atoms with van der Waals surface area (Å²) in [4.78, 5) is 19.6. The molecule has 0 atom stereocenters. The molecule has 0 bridgehead atoms. The third-order valence-electron chi connectivity index (χ3n) is 3.52. The zero-order chi connectivity index (χ0) is 15.8. The molecule has 0 saturated heterocycles. The minimum Gasteiger partial charge on any atom is -0.423 e. The first-order valence-electron chi connectivity index (χ1n) is 6.99. The maximum atomic E-state index is 11.8. The van der Waals surface area contributed by atoms with Gasteiger partial charge in [-0.25, -0.2) is 9.78 Å². The maximum absolute atomic E-state index is 11.8. The van der Waals surface area contributed by atoms with Crippen molar-refractivity contribution >= 4 is 49.7 Å². The molecule has 0 aliphatic heterocycles. The first-order valence-corrected chi connectivity index (χ1v) is 8.77. The van der Waals surface area contributed by atoms with Gasteiger partial charge in [0.05, 0.1) is 11.0 Å². The van der Waals surface area contributed by atoms with Gasteiger partial charge in [-0.1, -0.05) is 39.8 Å². The second-order valence-corrected chi connectivity index (χ2v) is 6.96. The van der Waals surface area contributed by atoms with E-state index in [1.165, 1.54) is 0 Å². The third-order valence-corrected chi connectivity index (χ3v) is 4.94. The Hall–Kier alpha value is -2.05. The van der Waals surface area contributed by atoms with E-state index < -0.39 is 0 Å².